The fourth-order valence-corrected chi connectivity index (χ4v) is 4.94. The molecular weight excluding hydrogens is 430 g/mol. The Morgan fingerprint density at radius 3 is 1.33 bits per heavy atom. The summed E-state index contributed by atoms with van der Waals surface area (Å²) < 4.78 is 44.3. The van der Waals surface area contributed by atoms with Crippen molar-refractivity contribution < 1.29 is 36.8 Å². The van der Waals surface area contributed by atoms with E-state index in [1.165, 1.54) is 24.3 Å². The minimum Gasteiger partial charge on any atom is -0.303 e. The molecule has 0 aromatic heterocycles. The van der Waals surface area contributed by atoms with Crippen molar-refractivity contribution in [1.29, 1.82) is 0 Å². The molecule has 0 fully saturated rings. The fraction of sp³-hybridized carbons (Fsp3) is 0.700. The Hall–Kier alpha value is -0.880. The number of hydrogen-bond acceptors (Lipinski definition) is 8. The van der Waals surface area contributed by atoms with Gasteiger partial charge in [0, 0.05) is 0 Å². The summed E-state index contributed by atoms with van der Waals surface area (Å²) in [6.07, 6.45) is 6.25. The third-order valence-electron chi connectivity index (χ3n) is 2.79. The van der Waals surface area contributed by atoms with Crippen LogP contribution in [0.2, 0.25) is 0 Å². The van der Waals surface area contributed by atoms with Gasteiger partial charge in [0.25, 0.3) is 11.0 Å². The topological polar surface area (TPSA) is 105 Å². The molecule has 0 aliphatic rings. The minimum atomic E-state index is -3.66. The van der Waals surface area contributed by atoms with Crippen molar-refractivity contribution in [3.05, 3.63) is 24.3 Å². The molecule has 0 bridgehead atoms. The highest BCUT2D eigenvalue weighted by atomic mass is 31.2. The van der Waals surface area contributed by atoms with E-state index in [-0.39, 0.29) is 25.4 Å². The molecule has 8 nitrogen and oxygen atoms in total. The summed E-state index contributed by atoms with van der Waals surface area (Å²) in [5, 5.41) is 0. The van der Waals surface area contributed by atoms with Crippen LogP contribution in [0.1, 0.15) is 68.2 Å². The quantitative estimate of drug-likeness (QED) is 0.217. The Morgan fingerprint density at radius 1 is 0.733 bits per heavy atom. The van der Waals surface area contributed by atoms with Crippen molar-refractivity contribution in [1.82, 2.24) is 0 Å². The standard InChI is InChI=1S/2C10H19O4P/c1-6-7-10(11)15(12,13-8(2)3)14-9(4)5;1-4-7-10(11)15(12,13-8-5-2)14-9-6-3/h6-9H,1-5H3;4,7H,5-6,8-9H2,1-3H3/b7-6+;7-4+. The molecule has 0 spiro atoms. The van der Waals surface area contributed by atoms with Crippen LogP contribution >= 0.6 is 15.2 Å². The van der Waals surface area contributed by atoms with Gasteiger partial charge in [-0.1, -0.05) is 26.0 Å². The normalized spacial score (nSPS) is 12.6. The molecule has 0 rings (SSSR count). The van der Waals surface area contributed by atoms with E-state index in [0.717, 1.165) is 0 Å². The number of carbonyl (C=O) groups is 2. The third-order valence-corrected chi connectivity index (χ3v) is 6.61. The van der Waals surface area contributed by atoms with Gasteiger partial charge in [0.2, 0.25) is 0 Å². The van der Waals surface area contributed by atoms with E-state index in [9.17, 15) is 18.7 Å². The Morgan fingerprint density at radius 2 is 1.07 bits per heavy atom. The van der Waals surface area contributed by atoms with Crippen molar-refractivity contribution >= 4 is 26.2 Å². The zero-order valence-electron chi connectivity index (χ0n) is 19.5. The second-order valence-electron chi connectivity index (χ2n) is 6.65. The molecule has 0 aliphatic carbocycles. The van der Waals surface area contributed by atoms with Gasteiger partial charge in [0.05, 0.1) is 25.4 Å². The van der Waals surface area contributed by atoms with E-state index in [2.05, 4.69) is 0 Å². The highest BCUT2D eigenvalue weighted by molar-refractivity contribution is 7.72. The second kappa shape index (κ2) is 16.8. The Bertz CT molecular complexity index is 627. The van der Waals surface area contributed by atoms with Crippen LogP contribution in [-0.2, 0) is 36.8 Å². The van der Waals surface area contributed by atoms with Crippen molar-refractivity contribution in [2.75, 3.05) is 13.2 Å². The summed E-state index contributed by atoms with van der Waals surface area (Å²) >= 11 is 0. The summed E-state index contributed by atoms with van der Waals surface area (Å²) in [4.78, 5) is 23.0. The van der Waals surface area contributed by atoms with Crippen LogP contribution in [0.4, 0.5) is 0 Å². The maximum Gasteiger partial charge on any atom is 0.401 e. The smallest absolute Gasteiger partial charge is 0.303 e. The van der Waals surface area contributed by atoms with Crippen LogP contribution in [0.15, 0.2) is 24.3 Å². The number of carbonyl (C=O) groups excluding carboxylic acids is 2. The molecule has 10 heteroatoms. The highest BCUT2D eigenvalue weighted by Gasteiger charge is 2.35. The second-order valence-corrected chi connectivity index (χ2v) is 10.5. The molecule has 30 heavy (non-hydrogen) atoms. The summed E-state index contributed by atoms with van der Waals surface area (Å²) in [7, 11) is -7.25. The maximum absolute atomic E-state index is 12.1. The Balaban J connectivity index is 0. The van der Waals surface area contributed by atoms with Gasteiger partial charge in [0.15, 0.2) is 0 Å². The molecule has 0 atom stereocenters. The Labute approximate surface area is 181 Å². The molecule has 0 aliphatic heterocycles. The molecular formula is C20H38O8P2. The molecule has 0 amide bonds. The van der Waals surface area contributed by atoms with E-state index in [4.69, 9.17) is 18.1 Å². The largest absolute Gasteiger partial charge is 0.401 e. The Kier molecular flexibility index (Phi) is 17.5. The lowest BCUT2D eigenvalue weighted by atomic mass is 10.5. The van der Waals surface area contributed by atoms with E-state index < -0.39 is 26.2 Å². The summed E-state index contributed by atoms with van der Waals surface area (Å²) in [6.45, 7) is 14.5. The molecule has 0 radical (unpaired) electrons. The average Bonchev–Trinajstić information content (AvgIpc) is 2.64. The van der Waals surface area contributed by atoms with E-state index in [1.807, 2.05) is 13.8 Å². The molecule has 0 N–H and O–H groups in total. The molecule has 0 aromatic rings. The van der Waals surface area contributed by atoms with Gasteiger partial charge >= 0.3 is 15.2 Å². The van der Waals surface area contributed by atoms with Crippen molar-refractivity contribution in [2.45, 2.75) is 80.4 Å². The summed E-state index contributed by atoms with van der Waals surface area (Å²) in [5.74, 6) is 0. The monoisotopic (exact) mass is 468 g/mol. The highest BCUT2D eigenvalue weighted by Crippen LogP contribution is 2.51. The molecule has 176 valence electrons. The summed E-state index contributed by atoms with van der Waals surface area (Å²) in [6, 6.07) is 0. The van der Waals surface area contributed by atoms with Crippen LogP contribution in [0.25, 0.3) is 0 Å². The predicted octanol–water partition coefficient (Wildman–Crippen LogP) is 6.27. The van der Waals surface area contributed by atoms with Crippen LogP contribution in [-0.4, -0.2) is 36.5 Å². The predicted molar refractivity (Wildman–Crippen MR) is 120 cm³/mol. The first-order valence-corrected chi connectivity index (χ1v) is 13.2. The van der Waals surface area contributed by atoms with Gasteiger partial charge in [0.1, 0.15) is 0 Å². The van der Waals surface area contributed by atoms with Crippen molar-refractivity contribution in [3.63, 3.8) is 0 Å². The number of rotatable bonds is 14. The van der Waals surface area contributed by atoms with Crippen LogP contribution in [0.3, 0.4) is 0 Å². The van der Waals surface area contributed by atoms with Gasteiger partial charge in [-0.3, -0.25) is 18.7 Å². The minimum absolute atomic E-state index is 0.268. The van der Waals surface area contributed by atoms with Crippen molar-refractivity contribution in [3.8, 4) is 0 Å². The number of hydrogen-bond donors (Lipinski definition) is 0. The first-order valence-electron chi connectivity index (χ1n) is 10.1. The fourth-order valence-electron chi connectivity index (χ4n) is 1.74. The van der Waals surface area contributed by atoms with Gasteiger partial charge in [-0.25, -0.2) is 0 Å². The van der Waals surface area contributed by atoms with Crippen LogP contribution in [0.5, 0.6) is 0 Å². The zero-order valence-corrected chi connectivity index (χ0v) is 21.2. The van der Waals surface area contributed by atoms with Crippen molar-refractivity contribution in [2.24, 2.45) is 0 Å². The summed E-state index contributed by atoms with van der Waals surface area (Å²) in [5.41, 5.74) is -1.18. The maximum atomic E-state index is 12.1. The van der Waals surface area contributed by atoms with E-state index in [0.29, 0.717) is 12.8 Å². The van der Waals surface area contributed by atoms with E-state index >= 15 is 0 Å². The van der Waals surface area contributed by atoms with Gasteiger partial charge in [-0.05, 0) is 66.5 Å². The first-order chi connectivity index (χ1) is 13.9. The zero-order chi connectivity index (χ0) is 23.8. The van der Waals surface area contributed by atoms with Gasteiger partial charge in [-0.2, -0.15) is 0 Å². The van der Waals surface area contributed by atoms with E-state index in [1.54, 1.807) is 41.5 Å². The third kappa shape index (κ3) is 13.4. The molecule has 0 saturated heterocycles. The molecule has 0 aromatic carbocycles. The lowest BCUT2D eigenvalue weighted by molar-refractivity contribution is -0.110. The molecule has 0 saturated carbocycles. The van der Waals surface area contributed by atoms with Crippen LogP contribution in [0, 0.1) is 0 Å². The van der Waals surface area contributed by atoms with Gasteiger partial charge in [-0.15, -0.1) is 0 Å². The first kappa shape index (κ1) is 31.3. The lowest BCUT2D eigenvalue weighted by Crippen LogP contribution is -2.12. The molecule has 0 unspecified atom stereocenters. The van der Waals surface area contributed by atoms with Gasteiger partial charge < -0.3 is 18.1 Å². The average molecular weight is 468 g/mol. The number of allylic oxidation sites excluding steroid dienone is 4. The SMILES string of the molecule is C/C=C/C(=O)P(=O)(OC(C)C)OC(C)C.C/C=C/C(=O)P(=O)(OCCC)OCCC. The van der Waals surface area contributed by atoms with Crippen LogP contribution < -0.4 is 0 Å². The molecule has 0 heterocycles. The lowest BCUT2D eigenvalue weighted by Gasteiger charge is -2.20.